The molecule has 0 radical (unpaired) electrons. The number of amides is 1. The average Bonchev–Trinajstić information content (AvgIpc) is 2.74. The van der Waals surface area contributed by atoms with E-state index in [0.717, 1.165) is 22.0 Å². The van der Waals surface area contributed by atoms with E-state index >= 15 is 0 Å². The van der Waals surface area contributed by atoms with Crippen LogP contribution >= 0.6 is 0 Å². The number of fused-ring (bicyclic) bond motifs is 1. The first-order valence-corrected chi connectivity index (χ1v) is 9.10. The van der Waals surface area contributed by atoms with Crippen LogP contribution in [-0.2, 0) is 6.54 Å². The minimum atomic E-state index is -0.358. The molecule has 0 saturated carbocycles. The molecular formula is C22H24N2O5. The standard InChI is InChI=1S/C22H24N2O5/c1-12-6-7-14-8-16(22(26)24-19(14)13(12)2)11-23-21(25)15-9-17(27-3)20(29-5)18(10-15)28-4/h6-10H,11H2,1-5H3,(H,23,25)(H,24,26). The van der Waals surface area contributed by atoms with Gasteiger partial charge in [-0.25, -0.2) is 0 Å². The van der Waals surface area contributed by atoms with E-state index in [0.29, 0.717) is 28.4 Å². The Morgan fingerprint density at radius 3 is 2.24 bits per heavy atom. The molecule has 3 rings (SSSR count). The quantitative estimate of drug-likeness (QED) is 0.668. The zero-order valence-corrected chi connectivity index (χ0v) is 17.1. The highest BCUT2D eigenvalue weighted by atomic mass is 16.5. The molecule has 152 valence electrons. The van der Waals surface area contributed by atoms with Crippen LogP contribution in [0.1, 0.15) is 27.0 Å². The molecular weight excluding hydrogens is 372 g/mol. The van der Waals surface area contributed by atoms with Gasteiger partial charge in [-0.15, -0.1) is 0 Å². The number of methoxy groups -OCH3 is 3. The Hall–Kier alpha value is -3.48. The van der Waals surface area contributed by atoms with E-state index in [2.05, 4.69) is 10.3 Å². The number of pyridine rings is 1. The number of H-pyrrole nitrogens is 1. The summed E-state index contributed by atoms with van der Waals surface area (Å²) in [4.78, 5) is 28.0. The van der Waals surface area contributed by atoms with Crippen molar-refractivity contribution in [2.75, 3.05) is 21.3 Å². The molecule has 7 heteroatoms. The van der Waals surface area contributed by atoms with Gasteiger partial charge in [0.25, 0.3) is 11.5 Å². The molecule has 0 spiro atoms. The molecule has 2 N–H and O–H groups in total. The smallest absolute Gasteiger partial charge is 0.253 e. The average molecular weight is 396 g/mol. The van der Waals surface area contributed by atoms with Crippen LogP contribution in [0.2, 0.25) is 0 Å². The Morgan fingerprint density at radius 1 is 1.00 bits per heavy atom. The molecule has 7 nitrogen and oxygen atoms in total. The van der Waals surface area contributed by atoms with Gasteiger partial charge in [-0.05, 0) is 48.6 Å². The summed E-state index contributed by atoms with van der Waals surface area (Å²) in [5.41, 5.74) is 3.54. The van der Waals surface area contributed by atoms with Crippen molar-refractivity contribution in [1.82, 2.24) is 10.3 Å². The first-order valence-electron chi connectivity index (χ1n) is 9.10. The molecule has 0 unspecified atom stereocenters. The summed E-state index contributed by atoms with van der Waals surface area (Å²) < 4.78 is 15.8. The summed E-state index contributed by atoms with van der Waals surface area (Å²) >= 11 is 0. The molecule has 0 fully saturated rings. The third-order valence-electron chi connectivity index (χ3n) is 4.99. The van der Waals surface area contributed by atoms with E-state index in [1.807, 2.05) is 26.0 Å². The number of benzene rings is 2. The Labute approximate surface area is 168 Å². The Kier molecular flexibility index (Phi) is 5.77. The summed E-state index contributed by atoms with van der Waals surface area (Å²) in [5, 5.41) is 3.70. The van der Waals surface area contributed by atoms with Gasteiger partial charge in [0.05, 0.1) is 26.8 Å². The van der Waals surface area contributed by atoms with Crippen molar-refractivity contribution in [3.63, 3.8) is 0 Å². The number of carbonyl (C=O) groups is 1. The third kappa shape index (κ3) is 3.89. The monoisotopic (exact) mass is 396 g/mol. The highest BCUT2D eigenvalue weighted by Crippen LogP contribution is 2.38. The summed E-state index contributed by atoms with van der Waals surface area (Å²) in [6.45, 7) is 4.06. The third-order valence-corrected chi connectivity index (χ3v) is 4.99. The second-order valence-electron chi connectivity index (χ2n) is 6.69. The minimum absolute atomic E-state index is 0.0910. The maximum atomic E-state index is 12.7. The first kappa shape index (κ1) is 20.3. The molecule has 0 aliphatic carbocycles. The van der Waals surface area contributed by atoms with Crippen LogP contribution in [0.4, 0.5) is 0 Å². The minimum Gasteiger partial charge on any atom is -0.493 e. The number of hydrogen-bond acceptors (Lipinski definition) is 5. The van der Waals surface area contributed by atoms with Gasteiger partial charge in [-0.2, -0.15) is 0 Å². The predicted octanol–water partition coefficient (Wildman–Crippen LogP) is 3.10. The van der Waals surface area contributed by atoms with Crippen molar-refractivity contribution in [3.8, 4) is 17.2 Å². The fourth-order valence-electron chi connectivity index (χ4n) is 3.19. The lowest BCUT2D eigenvalue weighted by molar-refractivity contribution is 0.0950. The molecule has 1 heterocycles. The number of nitrogens with one attached hydrogen (secondary N) is 2. The van der Waals surface area contributed by atoms with Crippen LogP contribution in [-0.4, -0.2) is 32.2 Å². The fraction of sp³-hybridized carbons (Fsp3) is 0.273. The van der Waals surface area contributed by atoms with Crippen molar-refractivity contribution in [2.24, 2.45) is 0 Å². The van der Waals surface area contributed by atoms with Crippen molar-refractivity contribution in [1.29, 1.82) is 0 Å². The van der Waals surface area contributed by atoms with Gasteiger partial charge in [0.2, 0.25) is 5.75 Å². The molecule has 0 aliphatic heterocycles. The number of ether oxygens (including phenoxy) is 3. The topological polar surface area (TPSA) is 89.7 Å². The van der Waals surface area contributed by atoms with Gasteiger partial charge >= 0.3 is 0 Å². The SMILES string of the molecule is COc1cc(C(=O)NCc2cc3ccc(C)c(C)c3[nH]c2=O)cc(OC)c1OC. The lowest BCUT2D eigenvalue weighted by atomic mass is 10.0. The molecule has 3 aromatic rings. The normalized spacial score (nSPS) is 10.7. The summed E-state index contributed by atoms with van der Waals surface area (Å²) in [5.74, 6) is 0.810. The molecule has 0 saturated heterocycles. The number of aryl methyl sites for hydroxylation is 2. The number of hydrogen-bond donors (Lipinski definition) is 2. The largest absolute Gasteiger partial charge is 0.493 e. The fourth-order valence-corrected chi connectivity index (χ4v) is 3.19. The first-order chi connectivity index (χ1) is 13.9. The van der Waals surface area contributed by atoms with Crippen molar-refractivity contribution < 1.29 is 19.0 Å². The van der Waals surface area contributed by atoms with E-state index in [9.17, 15) is 9.59 Å². The summed E-state index contributed by atoms with van der Waals surface area (Å²) in [6.07, 6.45) is 0. The van der Waals surface area contributed by atoms with E-state index in [1.165, 1.54) is 21.3 Å². The van der Waals surface area contributed by atoms with Gasteiger partial charge in [-0.3, -0.25) is 9.59 Å². The summed E-state index contributed by atoms with van der Waals surface area (Å²) in [7, 11) is 4.46. The second-order valence-corrected chi connectivity index (χ2v) is 6.69. The lowest BCUT2D eigenvalue weighted by Gasteiger charge is -2.14. The molecule has 0 bridgehead atoms. The molecule has 0 atom stereocenters. The van der Waals surface area contributed by atoms with E-state index in [4.69, 9.17) is 14.2 Å². The van der Waals surface area contributed by atoms with Crippen LogP contribution in [0.25, 0.3) is 10.9 Å². The Balaban J connectivity index is 1.87. The number of carbonyl (C=O) groups excluding carboxylic acids is 1. The van der Waals surface area contributed by atoms with Crippen molar-refractivity contribution >= 4 is 16.8 Å². The molecule has 1 amide bonds. The molecule has 29 heavy (non-hydrogen) atoms. The van der Waals surface area contributed by atoms with E-state index in [1.54, 1.807) is 18.2 Å². The van der Waals surface area contributed by atoms with E-state index in [-0.39, 0.29) is 18.0 Å². The Bertz CT molecular complexity index is 1110. The zero-order valence-electron chi connectivity index (χ0n) is 17.1. The highest BCUT2D eigenvalue weighted by molar-refractivity contribution is 5.95. The Morgan fingerprint density at radius 2 is 1.66 bits per heavy atom. The van der Waals surface area contributed by atoms with Gasteiger partial charge in [0.15, 0.2) is 11.5 Å². The highest BCUT2D eigenvalue weighted by Gasteiger charge is 2.17. The van der Waals surface area contributed by atoms with Gasteiger partial charge in [0, 0.05) is 17.7 Å². The van der Waals surface area contributed by atoms with Crippen molar-refractivity contribution in [3.05, 3.63) is 62.9 Å². The van der Waals surface area contributed by atoms with Gasteiger partial charge < -0.3 is 24.5 Å². The molecule has 2 aromatic carbocycles. The molecule has 1 aromatic heterocycles. The molecule has 0 aliphatic rings. The van der Waals surface area contributed by atoms with Crippen LogP contribution in [0.5, 0.6) is 17.2 Å². The second kappa shape index (κ2) is 8.26. The summed E-state index contributed by atoms with van der Waals surface area (Å²) in [6, 6.07) is 8.89. The maximum Gasteiger partial charge on any atom is 0.253 e. The maximum absolute atomic E-state index is 12.7. The van der Waals surface area contributed by atoms with Gasteiger partial charge in [0.1, 0.15) is 0 Å². The number of aromatic amines is 1. The van der Waals surface area contributed by atoms with Crippen LogP contribution < -0.4 is 25.1 Å². The number of rotatable bonds is 6. The zero-order chi connectivity index (χ0) is 21.1. The van der Waals surface area contributed by atoms with Crippen LogP contribution in [0, 0.1) is 13.8 Å². The lowest BCUT2D eigenvalue weighted by Crippen LogP contribution is -2.27. The predicted molar refractivity (Wildman–Crippen MR) is 111 cm³/mol. The van der Waals surface area contributed by atoms with Crippen LogP contribution in [0.3, 0.4) is 0 Å². The van der Waals surface area contributed by atoms with E-state index < -0.39 is 0 Å². The van der Waals surface area contributed by atoms with Crippen molar-refractivity contribution in [2.45, 2.75) is 20.4 Å². The van der Waals surface area contributed by atoms with Gasteiger partial charge in [-0.1, -0.05) is 12.1 Å². The number of aromatic nitrogens is 1. The van der Waals surface area contributed by atoms with Crippen LogP contribution in [0.15, 0.2) is 35.1 Å².